The van der Waals surface area contributed by atoms with Crippen molar-refractivity contribution in [3.8, 4) is 17.6 Å². The molecule has 2 aliphatic rings. The molecular weight excluding hydrogens is 534 g/mol. The van der Waals surface area contributed by atoms with Crippen LogP contribution < -0.4 is 9.64 Å². The van der Waals surface area contributed by atoms with Crippen molar-refractivity contribution in [1.82, 2.24) is 0 Å². The molecule has 1 unspecified atom stereocenters. The zero-order chi connectivity index (χ0) is 29.8. The molecule has 7 rings (SSSR count). The highest BCUT2D eigenvalue weighted by atomic mass is 16.5. The maximum atomic E-state index is 7.15. The molecule has 1 atom stereocenters. The highest BCUT2D eigenvalue weighted by Crippen LogP contribution is 2.45. The number of hydrogen-bond donors (Lipinski definition) is 0. The Morgan fingerprint density at radius 2 is 1.43 bits per heavy atom. The second-order valence-corrected chi connectivity index (χ2v) is 12.1. The molecule has 1 fully saturated rings. The number of nitrogens with zero attached hydrogens (tertiary/aromatic N) is 1. The first kappa shape index (κ1) is 28.1. The lowest BCUT2D eigenvalue weighted by Crippen LogP contribution is -2.34. The van der Waals surface area contributed by atoms with Crippen LogP contribution >= 0.6 is 0 Å². The zero-order valence-corrected chi connectivity index (χ0v) is 25.6. The summed E-state index contributed by atoms with van der Waals surface area (Å²) < 4.78 is 7.15. The molecule has 0 N–H and O–H groups in total. The molecule has 1 saturated heterocycles. The van der Waals surface area contributed by atoms with Crippen LogP contribution in [0.25, 0.3) is 16.8 Å². The average molecular weight is 574 g/mol. The average Bonchev–Trinajstić information content (AvgIpc) is 3.63. The van der Waals surface area contributed by atoms with E-state index in [9.17, 15) is 0 Å². The Bertz CT molecular complexity index is 1830. The fourth-order valence-corrected chi connectivity index (χ4v) is 6.67. The molecule has 0 amide bonds. The van der Waals surface area contributed by atoms with Gasteiger partial charge in [0, 0.05) is 46.6 Å². The number of hydrogen-bond acceptors (Lipinski definition) is 2. The van der Waals surface area contributed by atoms with Crippen LogP contribution in [-0.4, -0.2) is 13.1 Å². The van der Waals surface area contributed by atoms with E-state index in [1.165, 1.54) is 43.4 Å². The Hall–Kier alpha value is -4.74. The molecule has 44 heavy (non-hydrogen) atoms. The highest BCUT2D eigenvalue weighted by molar-refractivity contribution is 5.98. The van der Waals surface area contributed by atoms with Gasteiger partial charge in [-0.3, -0.25) is 0 Å². The van der Waals surface area contributed by atoms with Gasteiger partial charge in [0.25, 0.3) is 0 Å². The lowest BCUT2D eigenvalue weighted by molar-refractivity contribution is 0.161. The van der Waals surface area contributed by atoms with Crippen molar-refractivity contribution >= 4 is 22.5 Å². The Labute approximate surface area is 262 Å². The molecule has 0 bridgehead atoms. The smallest absolute Gasteiger partial charge is 0.178 e. The third-order valence-electron chi connectivity index (χ3n) is 9.14. The standard InChI is InChI=1S/C42H39NO/c1-2-3-5-12-32-17-19-33(20-18-32)21-22-34-31-41-40(39-16-9-8-15-38(34)39)27-28-42(44-41,35-13-6-4-7-14-35)36-23-25-37(26-24-36)43-29-10-11-30-43/h4,6-9,13-20,23-28,31H,2-3,5,10-12,29-30H2,1H3. The van der Waals surface area contributed by atoms with Crippen LogP contribution in [0.4, 0.5) is 5.69 Å². The number of unbranched alkanes of at least 4 members (excludes halogenated alkanes) is 2. The Balaban J connectivity index is 1.27. The summed E-state index contributed by atoms with van der Waals surface area (Å²) in [6, 6.07) is 39.0. The van der Waals surface area contributed by atoms with E-state index in [1.54, 1.807) is 0 Å². The first-order valence-electron chi connectivity index (χ1n) is 16.2. The maximum absolute atomic E-state index is 7.15. The van der Waals surface area contributed by atoms with E-state index in [1.807, 2.05) is 0 Å². The summed E-state index contributed by atoms with van der Waals surface area (Å²) in [6.07, 6.45) is 11.9. The molecule has 0 spiro atoms. The molecule has 0 aromatic heterocycles. The molecule has 0 saturated carbocycles. The van der Waals surface area contributed by atoms with E-state index < -0.39 is 5.60 Å². The lowest BCUT2D eigenvalue weighted by atomic mass is 9.82. The number of benzene rings is 5. The molecule has 2 heterocycles. The van der Waals surface area contributed by atoms with Gasteiger partial charge in [0.2, 0.25) is 0 Å². The van der Waals surface area contributed by atoms with E-state index >= 15 is 0 Å². The second-order valence-electron chi connectivity index (χ2n) is 12.1. The Morgan fingerprint density at radius 3 is 2.18 bits per heavy atom. The Morgan fingerprint density at radius 1 is 0.727 bits per heavy atom. The maximum Gasteiger partial charge on any atom is 0.178 e. The van der Waals surface area contributed by atoms with E-state index in [-0.39, 0.29) is 0 Å². The zero-order valence-electron chi connectivity index (χ0n) is 25.6. The van der Waals surface area contributed by atoms with Crippen LogP contribution in [-0.2, 0) is 12.0 Å². The molecule has 2 heteroatoms. The Kier molecular flexibility index (Phi) is 7.95. The van der Waals surface area contributed by atoms with Crippen molar-refractivity contribution in [2.45, 2.75) is 51.0 Å². The summed E-state index contributed by atoms with van der Waals surface area (Å²) in [5.74, 6) is 7.81. The highest BCUT2D eigenvalue weighted by Gasteiger charge is 2.37. The predicted molar refractivity (Wildman–Crippen MR) is 184 cm³/mol. The molecular formula is C42H39NO. The van der Waals surface area contributed by atoms with E-state index in [0.717, 1.165) is 63.8 Å². The van der Waals surface area contributed by atoms with Crippen LogP contribution in [0, 0.1) is 11.8 Å². The van der Waals surface area contributed by atoms with Gasteiger partial charge in [0.1, 0.15) is 5.75 Å². The third kappa shape index (κ3) is 5.51. The van der Waals surface area contributed by atoms with Gasteiger partial charge in [-0.25, -0.2) is 0 Å². The van der Waals surface area contributed by atoms with Crippen molar-refractivity contribution in [2.75, 3.05) is 18.0 Å². The number of aryl methyl sites for hydroxylation is 1. The van der Waals surface area contributed by atoms with Gasteiger partial charge in [0.05, 0.1) is 0 Å². The van der Waals surface area contributed by atoms with Crippen LogP contribution in [0.5, 0.6) is 5.75 Å². The van der Waals surface area contributed by atoms with E-state index in [4.69, 9.17) is 4.74 Å². The summed E-state index contributed by atoms with van der Waals surface area (Å²) in [7, 11) is 0. The van der Waals surface area contributed by atoms with Crippen molar-refractivity contribution in [3.05, 3.63) is 149 Å². The van der Waals surface area contributed by atoms with Crippen LogP contribution in [0.15, 0.2) is 115 Å². The molecule has 5 aromatic rings. The number of rotatable bonds is 7. The van der Waals surface area contributed by atoms with Gasteiger partial charge < -0.3 is 9.64 Å². The molecule has 218 valence electrons. The van der Waals surface area contributed by atoms with Crippen molar-refractivity contribution in [3.63, 3.8) is 0 Å². The minimum Gasteiger partial charge on any atom is -0.473 e. The summed E-state index contributed by atoms with van der Waals surface area (Å²) in [6.45, 7) is 4.51. The van der Waals surface area contributed by atoms with Gasteiger partial charge in [-0.05, 0) is 84.5 Å². The van der Waals surface area contributed by atoms with Gasteiger partial charge in [0.15, 0.2) is 5.60 Å². The van der Waals surface area contributed by atoms with Gasteiger partial charge >= 0.3 is 0 Å². The molecule has 2 aliphatic heterocycles. The molecule has 0 aliphatic carbocycles. The third-order valence-corrected chi connectivity index (χ3v) is 9.14. The first-order chi connectivity index (χ1) is 21.7. The number of fused-ring (bicyclic) bond motifs is 3. The normalized spacial score (nSPS) is 17.2. The van der Waals surface area contributed by atoms with Crippen LogP contribution in [0.1, 0.15) is 72.4 Å². The predicted octanol–water partition coefficient (Wildman–Crippen LogP) is 9.92. The first-order valence-corrected chi connectivity index (χ1v) is 16.2. The lowest BCUT2D eigenvalue weighted by Gasteiger charge is -2.37. The number of ether oxygens (including phenoxy) is 1. The number of anilines is 1. The minimum atomic E-state index is -0.738. The monoisotopic (exact) mass is 573 g/mol. The topological polar surface area (TPSA) is 12.5 Å². The summed E-state index contributed by atoms with van der Waals surface area (Å²) >= 11 is 0. The van der Waals surface area contributed by atoms with Crippen molar-refractivity contribution in [2.24, 2.45) is 0 Å². The van der Waals surface area contributed by atoms with Gasteiger partial charge in [-0.15, -0.1) is 0 Å². The minimum absolute atomic E-state index is 0.738. The van der Waals surface area contributed by atoms with Gasteiger partial charge in [-0.2, -0.15) is 0 Å². The van der Waals surface area contributed by atoms with E-state index in [2.05, 4.69) is 145 Å². The van der Waals surface area contributed by atoms with Crippen molar-refractivity contribution in [1.29, 1.82) is 0 Å². The quantitative estimate of drug-likeness (QED) is 0.142. The molecule has 0 radical (unpaired) electrons. The molecule has 2 nitrogen and oxygen atoms in total. The largest absolute Gasteiger partial charge is 0.473 e. The van der Waals surface area contributed by atoms with Crippen molar-refractivity contribution < 1.29 is 4.74 Å². The second kappa shape index (κ2) is 12.5. The van der Waals surface area contributed by atoms with Gasteiger partial charge in [-0.1, -0.05) is 110 Å². The van der Waals surface area contributed by atoms with Crippen LogP contribution in [0.3, 0.4) is 0 Å². The fourth-order valence-electron chi connectivity index (χ4n) is 6.67. The SMILES string of the molecule is CCCCCc1ccc(C#Cc2cc3c(c4ccccc24)C=CC(c2ccccc2)(c2ccc(N4CCCC4)cc2)O3)cc1. The van der Waals surface area contributed by atoms with E-state index in [0.29, 0.717) is 0 Å². The molecule has 5 aromatic carbocycles. The summed E-state index contributed by atoms with van der Waals surface area (Å²) in [4.78, 5) is 2.48. The fraction of sp³-hybridized carbons (Fsp3) is 0.238. The van der Waals surface area contributed by atoms with Crippen LogP contribution in [0.2, 0.25) is 0 Å². The summed E-state index contributed by atoms with van der Waals surface area (Å²) in [5.41, 5.74) is 7.27. The summed E-state index contributed by atoms with van der Waals surface area (Å²) in [5, 5.41) is 2.30.